The van der Waals surface area contributed by atoms with Gasteiger partial charge in [0.1, 0.15) is 10.9 Å². The summed E-state index contributed by atoms with van der Waals surface area (Å²) in [5.74, 6) is 0.770. The predicted octanol–water partition coefficient (Wildman–Crippen LogP) is 2.83. The first-order valence-corrected chi connectivity index (χ1v) is 9.70. The molecule has 1 aliphatic carbocycles. The van der Waals surface area contributed by atoms with E-state index in [1.54, 1.807) is 35.9 Å². The molecule has 2 aliphatic rings. The van der Waals surface area contributed by atoms with Crippen molar-refractivity contribution in [3.05, 3.63) is 58.1 Å². The van der Waals surface area contributed by atoms with Crippen LogP contribution in [0, 0.1) is 11.3 Å². The van der Waals surface area contributed by atoms with E-state index in [2.05, 4.69) is 21.1 Å². The summed E-state index contributed by atoms with van der Waals surface area (Å²) in [4.78, 5) is 36.3. The van der Waals surface area contributed by atoms with Crippen LogP contribution in [0.4, 0.5) is 0 Å². The second-order valence-corrected chi connectivity index (χ2v) is 7.84. The first kappa shape index (κ1) is 16.8. The van der Waals surface area contributed by atoms with Crippen molar-refractivity contribution in [1.29, 1.82) is 5.26 Å². The molecule has 9 heteroatoms. The fourth-order valence-corrected chi connectivity index (χ4v) is 4.03. The summed E-state index contributed by atoms with van der Waals surface area (Å²) in [5, 5.41) is 14.2. The number of rotatable bonds is 4. The molecule has 1 atom stereocenters. The second kappa shape index (κ2) is 6.07. The van der Waals surface area contributed by atoms with Gasteiger partial charge in [-0.05, 0) is 31.9 Å². The third-order valence-corrected chi connectivity index (χ3v) is 5.84. The monoisotopic (exact) mass is 390 g/mol. The number of carbonyl (C=O) groups excluding carboxylic acids is 2. The van der Waals surface area contributed by atoms with Crippen molar-refractivity contribution in [1.82, 2.24) is 24.6 Å². The number of nitriles is 1. The second-order valence-electron chi connectivity index (χ2n) is 6.84. The quantitative estimate of drug-likeness (QED) is 0.634. The molecule has 5 rings (SSSR count). The van der Waals surface area contributed by atoms with Gasteiger partial charge < -0.3 is 0 Å². The van der Waals surface area contributed by atoms with Crippen molar-refractivity contribution in [2.75, 3.05) is 0 Å². The zero-order valence-electron chi connectivity index (χ0n) is 14.9. The highest BCUT2D eigenvalue weighted by atomic mass is 32.1. The zero-order valence-corrected chi connectivity index (χ0v) is 15.7. The topological polar surface area (TPSA) is 105 Å². The Bertz CT molecular complexity index is 1130. The summed E-state index contributed by atoms with van der Waals surface area (Å²) in [6.07, 6.45) is 3.52. The summed E-state index contributed by atoms with van der Waals surface area (Å²) >= 11 is 1.19. The number of hydrogen-bond acceptors (Lipinski definition) is 7. The molecule has 3 aromatic rings. The molecule has 1 aliphatic heterocycles. The molecule has 0 saturated heterocycles. The number of hydrogen-bond donors (Lipinski definition) is 0. The number of carbonyl (C=O) groups is 2. The molecule has 1 saturated carbocycles. The molecular formula is C19H14N6O2S. The highest BCUT2D eigenvalue weighted by Gasteiger charge is 2.41. The fraction of sp³-hybridized carbons (Fsp3) is 0.263. The molecule has 2 aromatic heterocycles. The number of benzene rings is 1. The van der Waals surface area contributed by atoms with E-state index in [1.165, 1.54) is 22.4 Å². The van der Waals surface area contributed by atoms with Gasteiger partial charge in [-0.3, -0.25) is 14.5 Å². The highest BCUT2D eigenvalue weighted by molar-refractivity contribution is 7.14. The molecule has 8 nitrogen and oxygen atoms in total. The summed E-state index contributed by atoms with van der Waals surface area (Å²) in [5.41, 5.74) is 0.794. The molecule has 0 spiro atoms. The normalized spacial score (nSPS) is 16.9. The van der Waals surface area contributed by atoms with Gasteiger partial charge in [-0.25, -0.2) is 9.97 Å². The Morgan fingerprint density at radius 1 is 1.21 bits per heavy atom. The smallest absolute Gasteiger partial charge is 0.262 e. The number of fused-ring (bicyclic) bond motifs is 1. The Morgan fingerprint density at radius 2 is 1.89 bits per heavy atom. The largest absolute Gasteiger partial charge is 0.269 e. The molecule has 0 unspecified atom stereocenters. The fourth-order valence-electron chi connectivity index (χ4n) is 3.36. The molecule has 1 fully saturated rings. The van der Waals surface area contributed by atoms with E-state index >= 15 is 0 Å². The molecule has 0 radical (unpaired) electrons. The Balaban J connectivity index is 1.58. The highest BCUT2D eigenvalue weighted by Crippen LogP contribution is 2.40. The van der Waals surface area contributed by atoms with Crippen LogP contribution in [-0.4, -0.2) is 36.5 Å². The Labute approximate surface area is 164 Å². The third kappa shape index (κ3) is 2.46. The van der Waals surface area contributed by atoms with Gasteiger partial charge in [0.25, 0.3) is 11.8 Å². The number of amides is 2. The van der Waals surface area contributed by atoms with Crippen LogP contribution in [-0.2, 0) is 0 Å². The third-order valence-electron chi connectivity index (χ3n) is 4.96. The Kier molecular flexibility index (Phi) is 3.64. The summed E-state index contributed by atoms with van der Waals surface area (Å²) in [6, 6.07) is 8.23. The average molecular weight is 390 g/mol. The van der Waals surface area contributed by atoms with Gasteiger partial charge in [0.05, 0.1) is 23.4 Å². The van der Waals surface area contributed by atoms with E-state index in [0.717, 1.165) is 12.8 Å². The van der Waals surface area contributed by atoms with E-state index in [0.29, 0.717) is 38.7 Å². The van der Waals surface area contributed by atoms with Crippen molar-refractivity contribution in [3.8, 4) is 11.2 Å². The van der Waals surface area contributed by atoms with Crippen molar-refractivity contribution in [2.45, 2.75) is 31.7 Å². The lowest BCUT2D eigenvalue weighted by atomic mass is 10.1. The Morgan fingerprint density at radius 3 is 2.46 bits per heavy atom. The van der Waals surface area contributed by atoms with E-state index < -0.39 is 6.04 Å². The van der Waals surface area contributed by atoms with Crippen molar-refractivity contribution in [3.63, 3.8) is 0 Å². The lowest BCUT2D eigenvalue weighted by molar-refractivity contribution is 0.0587. The molecule has 138 valence electrons. The van der Waals surface area contributed by atoms with Gasteiger partial charge in [0, 0.05) is 5.92 Å². The molecular weight excluding hydrogens is 376 g/mol. The standard InChI is InChI=1S/C19H14N6O2S/c1-10(24-17(26)13-4-2-3-5-14(13)18(24)27)16-22-15(11-6-7-11)23-25(16)19-21-9-12(8-20)28-19/h2-5,9-11H,6-7H2,1H3/t10-/m0/s1. The maximum atomic E-state index is 12.9. The maximum absolute atomic E-state index is 12.9. The van der Waals surface area contributed by atoms with Crippen LogP contribution in [0.1, 0.15) is 69.0 Å². The first-order valence-electron chi connectivity index (χ1n) is 8.88. The number of aromatic nitrogens is 4. The van der Waals surface area contributed by atoms with Gasteiger partial charge in [-0.1, -0.05) is 23.5 Å². The first-order chi connectivity index (χ1) is 13.6. The average Bonchev–Trinajstić information content (AvgIpc) is 3.19. The van der Waals surface area contributed by atoms with Gasteiger partial charge in [0.15, 0.2) is 11.6 Å². The SMILES string of the molecule is C[C@@H](c1nc(C2CC2)nn1-c1ncc(C#N)s1)N1C(=O)c2ccccc2C1=O. The summed E-state index contributed by atoms with van der Waals surface area (Å²) < 4.78 is 1.56. The van der Waals surface area contributed by atoms with Gasteiger partial charge in [-0.2, -0.15) is 9.94 Å². The number of imide groups is 1. The summed E-state index contributed by atoms with van der Waals surface area (Å²) in [7, 11) is 0. The van der Waals surface area contributed by atoms with Crippen LogP contribution in [0.5, 0.6) is 0 Å². The van der Waals surface area contributed by atoms with Crippen molar-refractivity contribution < 1.29 is 9.59 Å². The van der Waals surface area contributed by atoms with Gasteiger partial charge in [-0.15, -0.1) is 5.10 Å². The van der Waals surface area contributed by atoms with E-state index in [9.17, 15) is 9.59 Å². The van der Waals surface area contributed by atoms with Crippen LogP contribution >= 0.6 is 11.3 Å². The van der Waals surface area contributed by atoms with Crippen LogP contribution in [0.15, 0.2) is 30.5 Å². The molecule has 2 amide bonds. The molecule has 0 N–H and O–H groups in total. The number of nitrogens with zero attached hydrogens (tertiary/aromatic N) is 6. The minimum absolute atomic E-state index is 0.296. The van der Waals surface area contributed by atoms with Crippen molar-refractivity contribution >= 4 is 23.2 Å². The summed E-state index contributed by atoms with van der Waals surface area (Å²) in [6.45, 7) is 1.76. The van der Waals surface area contributed by atoms with Crippen LogP contribution in [0.3, 0.4) is 0 Å². The molecule has 0 bridgehead atoms. The van der Waals surface area contributed by atoms with E-state index in [1.807, 2.05) is 0 Å². The minimum atomic E-state index is -0.623. The lowest BCUT2D eigenvalue weighted by Gasteiger charge is -2.21. The zero-order chi connectivity index (χ0) is 19.4. The predicted molar refractivity (Wildman–Crippen MR) is 99.1 cm³/mol. The van der Waals surface area contributed by atoms with Crippen molar-refractivity contribution in [2.24, 2.45) is 0 Å². The van der Waals surface area contributed by atoms with Gasteiger partial charge >= 0.3 is 0 Å². The molecule has 3 heterocycles. The molecule has 1 aromatic carbocycles. The Hall–Kier alpha value is -3.38. The minimum Gasteiger partial charge on any atom is -0.269 e. The van der Waals surface area contributed by atoms with E-state index in [-0.39, 0.29) is 11.8 Å². The van der Waals surface area contributed by atoms with Crippen LogP contribution < -0.4 is 0 Å². The van der Waals surface area contributed by atoms with Crippen LogP contribution in [0.2, 0.25) is 0 Å². The maximum Gasteiger partial charge on any atom is 0.262 e. The molecule has 28 heavy (non-hydrogen) atoms. The van der Waals surface area contributed by atoms with Gasteiger partial charge in [0.2, 0.25) is 5.13 Å². The van der Waals surface area contributed by atoms with E-state index in [4.69, 9.17) is 5.26 Å². The number of thiazole rings is 1. The lowest BCUT2D eigenvalue weighted by Crippen LogP contribution is -2.34. The van der Waals surface area contributed by atoms with Crippen LogP contribution in [0.25, 0.3) is 5.13 Å².